The summed E-state index contributed by atoms with van der Waals surface area (Å²) < 4.78 is 23.8. The van der Waals surface area contributed by atoms with Crippen molar-refractivity contribution in [3.05, 3.63) is 47.0 Å². The third-order valence-electron chi connectivity index (χ3n) is 4.25. The number of halogens is 2. The first-order valence-electron chi connectivity index (χ1n) is 8.25. The summed E-state index contributed by atoms with van der Waals surface area (Å²) in [6, 6.07) is 8.62. The largest absolute Gasteiger partial charge is 0.492 e. The van der Waals surface area contributed by atoms with Crippen molar-refractivity contribution in [1.29, 1.82) is 0 Å². The number of nitrogens with one attached hydrogen (secondary N) is 2. The fraction of sp³-hybridized carbons (Fsp3) is 0.263. The van der Waals surface area contributed by atoms with Gasteiger partial charge in [0.05, 0.1) is 24.4 Å². The number of hydrogen-bond acceptors (Lipinski definition) is 4. The third-order valence-corrected chi connectivity index (χ3v) is 4.56. The topological polar surface area (TPSA) is 76.2 Å². The lowest BCUT2D eigenvalue weighted by Crippen LogP contribution is -2.33. The molecule has 0 radical (unpaired) electrons. The number of carbonyl (C=O) groups is 1. The predicted octanol–water partition coefficient (Wildman–Crippen LogP) is 3.68. The van der Waals surface area contributed by atoms with Crippen molar-refractivity contribution < 1.29 is 18.7 Å². The van der Waals surface area contributed by atoms with E-state index in [9.17, 15) is 9.18 Å². The highest BCUT2D eigenvalue weighted by molar-refractivity contribution is 6.34. The van der Waals surface area contributed by atoms with Crippen LogP contribution in [0.3, 0.4) is 0 Å². The number of aromatic amines is 1. The summed E-state index contributed by atoms with van der Waals surface area (Å²) in [6.45, 7) is 2.00. The highest BCUT2D eigenvalue weighted by Gasteiger charge is 2.14. The zero-order chi connectivity index (χ0) is 19.6. The molecule has 0 spiro atoms. The number of amides is 1. The maximum Gasteiger partial charge on any atom is 0.255 e. The SMILES string of the molecule is COc1ccc(-c2cc3[nH]c(CNC(=O)[C@@H](C)OC)cc3cc2Cl)nc1F. The summed E-state index contributed by atoms with van der Waals surface area (Å²) in [5.41, 5.74) is 2.61. The molecule has 2 N–H and O–H groups in total. The van der Waals surface area contributed by atoms with Crippen molar-refractivity contribution in [2.45, 2.75) is 19.6 Å². The Morgan fingerprint density at radius 1 is 1.33 bits per heavy atom. The Balaban J connectivity index is 1.88. The molecule has 0 aliphatic carbocycles. The molecule has 1 aromatic carbocycles. The molecule has 3 rings (SSSR count). The van der Waals surface area contributed by atoms with Crippen LogP contribution in [-0.4, -0.2) is 36.2 Å². The number of aromatic nitrogens is 2. The number of fused-ring (bicyclic) bond motifs is 1. The monoisotopic (exact) mass is 391 g/mol. The van der Waals surface area contributed by atoms with Gasteiger partial charge in [-0.15, -0.1) is 0 Å². The lowest BCUT2D eigenvalue weighted by atomic mass is 10.1. The van der Waals surface area contributed by atoms with Crippen LogP contribution in [0.1, 0.15) is 12.6 Å². The summed E-state index contributed by atoms with van der Waals surface area (Å²) in [7, 11) is 2.86. The summed E-state index contributed by atoms with van der Waals surface area (Å²) in [5.74, 6) is -0.833. The molecule has 2 heterocycles. The van der Waals surface area contributed by atoms with E-state index < -0.39 is 12.1 Å². The molecule has 8 heteroatoms. The highest BCUT2D eigenvalue weighted by Crippen LogP contribution is 2.32. The van der Waals surface area contributed by atoms with Gasteiger partial charge in [0.25, 0.3) is 5.95 Å². The van der Waals surface area contributed by atoms with Gasteiger partial charge in [-0.05, 0) is 37.3 Å². The fourth-order valence-corrected chi connectivity index (χ4v) is 2.93. The number of ether oxygens (including phenoxy) is 2. The molecule has 0 unspecified atom stereocenters. The maximum atomic E-state index is 13.9. The van der Waals surface area contributed by atoms with Crippen LogP contribution in [0.15, 0.2) is 30.3 Å². The average molecular weight is 392 g/mol. The van der Waals surface area contributed by atoms with Gasteiger partial charge in [-0.3, -0.25) is 4.79 Å². The van der Waals surface area contributed by atoms with Gasteiger partial charge in [0, 0.05) is 29.3 Å². The molecule has 27 heavy (non-hydrogen) atoms. The predicted molar refractivity (Wildman–Crippen MR) is 101 cm³/mol. The zero-order valence-corrected chi connectivity index (χ0v) is 15.9. The normalized spacial score (nSPS) is 12.2. The fourth-order valence-electron chi connectivity index (χ4n) is 2.66. The first-order valence-corrected chi connectivity index (χ1v) is 8.63. The van der Waals surface area contributed by atoms with E-state index >= 15 is 0 Å². The molecule has 0 bridgehead atoms. The molecule has 0 aliphatic heterocycles. The summed E-state index contributed by atoms with van der Waals surface area (Å²) in [4.78, 5) is 19.0. The van der Waals surface area contributed by atoms with Gasteiger partial charge >= 0.3 is 0 Å². The van der Waals surface area contributed by atoms with Gasteiger partial charge in [-0.1, -0.05) is 11.6 Å². The molecule has 142 valence electrons. The lowest BCUT2D eigenvalue weighted by Gasteiger charge is -2.09. The van der Waals surface area contributed by atoms with Crippen LogP contribution >= 0.6 is 11.6 Å². The number of methoxy groups -OCH3 is 2. The Kier molecular flexibility index (Phi) is 5.62. The van der Waals surface area contributed by atoms with Crippen LogP contribution < -0.4 is 10.1 Å². The van der Waals surface area contributed by atoms with Crippen molar-refractivity contribution in [3.63, 3.8) is 0 Å². The van der Waals surface area contributed by atoms with Gasteiger partial charge in [0.2, 0.25) is 5.91 Å². The molecule has 0 saturated carbocycles. The minimum atomic E-state index is -0.701. The number of carbonyl (C=O) groups excluding carboxylic acids is 1. The number of pyridine rings is 1. The molecule has 3 aromatic rings. The van der Waals surface area contributed by atoms with Crippen LogP contribution in [-0.2, 0) is 16.1 Å². The van der Waals surface area contributed by atoms with Crippen LogP contribution in [0, 0.1) is 5.95 Å². The van der Waals surface area contributed by atoms with Crippen molar-refractivity contribution in [1.82, 2.24) is 15.3 Å². The van der Waals surface area contributed by atoms with E-state index in [0.29, 0.717) is 22.8 Å². The second-order valence-corrected chi connectivity index (χ2v) is 6.41. The van der Waals surface area contributed by atoms with Gasteiger partial charge in [0.1, 0.15) is 6.10 Å². The Hall–Kier alpha value is -2.64. The van der Waals surface area contributed by atoms with E-state index in [1.54, 1.807) is 25.1 Å². The van der Waals surface area contributed by atoms with E-state index in [4.69, 9.17) is 21.1 Å². The van der Waals surface area contributed by atoms with E-state index in [0.717, 1.165) is 16.6 Å². The first-order chi connectivity index (χ1) is 12.9. The molecule has 0 saturated heterocycles. The van der Waals surface area contributed by atoms with Crippen LogP contribution in [0.5, 0.6) is 5.75 Å². The highest BCUT2D eigenvalue weighted by atomic mass is 35.5. The molecular formula is C19H19ClFN3O3. The Bertz CT molecular complexity index is 990. The van der Waals surface area contributed by atoms with E-state index in [-0.39, 0.29) is 11.7 Å². The number of hydrogen-bond donors (Lipinski definition) is 2. The molecule has 1 atom stereocenters. The first kappa shape index (κ1) is 19.1. The van der Waals surface area contributed by atoms with Gasteiger partial charge in [0.15, 0.2) is 5.75 Å². The van der Waals surface area contributed by atoms with Crippen LogP contribution in [0.25, 0.3) is 22.2 Å². The van der Waals surface area contributed by atoms with Crippen molar-refractivity contribution >= 4 is 28.4 Å². The van der Waals surface area contributed by atoms with Gasteiger partial charge in [-0.25, -0.2) is 4.98 Å². The molecular weight excluding hydrogens is 373 g/mol. The Morgan fingerprint density at radius 3 is 2.78 bits per heavy atom. The molecule has 1 amide bonds. The van der Waals surface area contributed by atoms with Crippen molar-refractivity contribution in [2.24, 2.45) is 0 Å². The summed E-state index contributed by atoms with van der Waals surface area (Å²) >= 11 is 6.37. The number of H-pyrrole nitrogens is 1. The van der Waals surface area contributed by atoms with E-state index in [1.165, 1.54) is 20.3 Å². The Morgan fingerprint density at radius 2 is 2.11 bits per heavy atom. The Labute approximate surface area is 160 Å². The van der Waals surface area contributed by atoms with Crippen molar-refractivity contribution in [2.75, 3.05) is 14.2 Å². The molecule has 0 fully saturated rings. The minimum absolute atomic E-state index is 0.0686. The van der Waals surface area contributed by atoms with Crippen LogP contribution in [0.2, 0.25) is 5.02 Å². The maximum absolute atomic E-state index is 13.9. The number of benzene rings is 1. The zero-order valence-electron chi connectivity index (χ0n) is 15.1. The standard InChI is InChI=1S/C19H19ClFN3O3/c1-10(26-2)19(25)22-9-12-6-11-7-14(20)13(8-16(11)23-12)15-4-5-17(27-3)18(21)24-15/h4-8,10,23H,9H2,1-3H3,(H,22,25)/t10-/m1/s1. The van der Waals surface area contributed by atoms with Crippen LogP contribution in [0.4, 0.5) is 4.39 Å². The number of rotatable bonds is 6. The molecule has 6 nitrogen and oxygen atoms in total. The second-order valence-electron chi connectivity index (χ2n) is 6.00. The summed E-state index contributed by atoms with van der Waals surface area (Å²) in [5, 5.41) is 4.11. The second kappa shape index (κ2) is 7.94. The summed E-state index contributed by atoms with van der Waals surface area (Å²) in [6.07, 6.45) is -0.522. The smallest absolute Gasteiger partial charge is 0.255 e. The molecule has 2 aromatic heterocycles. The van der Waals surface area contributed by atoms with E-state index in [1.807, 2.05) is 6.07 Å². The minimum Gasteiger partial charge on any atom is -0.492 e. The van der Waals surface area contributed by atoms with E-state index in [2.05, 4.69) is 15.3 Å². The van der Waals surface area contributed by atoms with Gasteiger partial charge < -0.3 is 19.8 Å². The third kappa shape index (κ3) is 4.04. The molecule has 0 aliphatic rings. The van der Waals surface area contributed by atoms with Gasteiger partial charge in [-0.2, -0.15) is 4.39 Å². The lowest BCUT2D eigenvalue weighted by molar-refractivity contribution is -0.130. The average Bonchev–Trinajstić information content (AvgIpc) is 3.06. The number of nitrogens with zero attached hydrogens (tertiary/aromatic N) is 1. The quantitative estimate of drug-likeness (QED) is 0.628. The van der Waals surface area contributed by atoms with Crippen molar-refractivity contribution in [3.8, 4) is 17.0 Å².